The summed E-state index contributed by atoms with van der Waals surface area (Å²) < 4.78 is 5.88. The fraction of sp³-hybridized carbons (Fsp3) is 0.720. The molecule has 0 aliphatic carbocycles. The molecule has 3 unspecified atom stereocenters. The van der Waals surface area contributed by atoms with Crippen LogP contribution in [0.2, 0.25) is 0 Å². The summed E-state index contributed by atoms with van der Waals surface area (Å²) in [6, 6.07) is -0.716. The van der Waals surface area contributed by atoms with Crippen LogP contribution >= 0.6 is 0 Å². The maximum Gasteiger partial charge on any atom is 0.306 e. The lowest BCUT2D eigenvalue weighted by Gasteiger charge is -2.24. The SMILES string of the molecule is CC/C=C/C=C/C=C\CCCCCC(CC(=O)NC(CO)C(O)CCCCCCCCCCCCC)OC(=O)CCCCCCCCC/C=C/C=C/C=C/CC. The van der Waals surface area contributed by atoms with Crippen LogP contribution in [0.4, 0.5) is 0 Å². The van der Waals surface area contributed by atoms with Crippen molar-refractivity contribution in [3.8, 4) is 0 Å². The molecule has 56 heavy (non-hydrogen) atoms. The molecule has 322 valence electrons. The molecule has 3 atom stereocenters. The van der Waals surface area contributed by atoms with Gasteiger partial charge in [-0.2, -0.15) is 0 Å². The highest BCUT2D eigenvalue weighted by Gasteiger charge is 2.24. The van der Waals surface area contributed by atoms with Gasteiger partial charge in [-0.05, 0) is 64.2 Å². The second kappa shape index (κ2) is 43.4. The van der Waals surface area contributed by atoms with Crippen molar-refractivity contribution in [2.75, 3.05) is 6.61 Å². The fourth-order valence-corrected chi connectivity index (χ4v) is 6.66. The van der Waals surface area contributed by atoms with Crippen molar-refractivity contribution in [3.63, 3.8) is 0 Å². The molecule has 0 aromatic rings. The van der Waals surface area contributed by atoms with Crippen LogP contribution in [0.5, 0.6) is 0 Å². The van der Waals surface area contributed by atoms with E-state index in [0.717, 1.165) is 83.5 Å². The number of nitrogens with one attached hydrogen (secondary N) is 1. The van der Waals surface area contributed by atoms with E-state index in [1.165, 1.54) is 77.0 Å². The molecule has 0 aliphatic heterocycles. The van der Waals surface area contributed by atoms with Gasteiger partial charge in [-0.1, -0.05) is 203 Å². The molecular weight excluding hydrogens is 695 g/mol. The molecule has 0 heterocycles. The van der Waals surface area contributed by atoms with Crippen LogP contribution in [0.3, 0.4) is 0 Å². The predicted molar refractivity (Wildman–Crippen MR) is 241 cm³/mol. The molecule has 0 saturated carbocycles. The molecule has 1 amide bonds. The standard InChI is InChI=1S/C50H87NO5/c1-4-7-10-13-16-19-22-23-24-25-28-31-34-37-40-43-50(55)56-46(41-38-35-32-29-26-20-17-14-11-8-5-2)44-49(54)51-47(45-52)48(53)42-39-36-33-30-27-21-18-15-12-9-6-3/h7-8,10-11,13-14,16-17,19-20,22,26,46-48,52-53H,4-6,9,12,15,18,21,23-25,27-45H2,1-3H3,(H,51,54)/b10-7+,11-8+,16-13+,17-14+,22-19+,26-20-. The van der Waals surface area contributed by atoms with Gasteiger partial charge in [-0.15, -0.1) is 0 Å². The number of hydrogen-bond acceptors (Lipinski definition) is 5. The number of hydrogen-bond donors (Lipinski definition) is 3. The van der Waals surface area contributed by atoms with E-state index in [4.69, 9.17) is 4.74 Å². The van der Waals surface area contributed by atoms with Gasteiger partial charge < -0.3 is 20.3 Å². The van der Waals surface area contributed by atoms with Gasteiger partial charge in [0.1, 0.15) is 6.10 Å². The van der Waals surface area contributed by atoms with E-state index in [0.29, 0.717) is 19.3 Å². The van der Waals surface area contributed by atoms with Crippen LogP contribution in [-0.2, 0) is 14.3 Å². The Kier molecular flexibility index (Phi) is 41.3. The molecule has 6 heteroatoms. The maximum absolute atomic E-state index is 13.1. The number of carbonyl (C=O) groups is 2. The van der Waals surface area contributed by atoms with Crippen molar-refractivity contribution in [1.29, 1.82) is 0 Å². The Morgan fingerprint density at radius 3 is 1.46 bits per heavy atom. The first-order valence-electron chi connectivity index (χ1n) is 23.2. The first kappa shape index (κ1) is 53.3. The molecule has 0 aromatic carbocycles. The summed E-state index contributed by atoms with van der Waals surface area (Å²) in [6.45, 7) is 6.18. The summed E-state index contributed by atoms with van der Waals surface area (Å²) >= 11 is 0. The summed E-state index contributed by atoms with van der Waals surface area (Å²) in [7, 11) is 0. The minimum Gasteiger partial charge on any atom is -0.462 e. The summed E-state index contributed by atoms with van der Waals surface area (Å²) in [5, 5.41) is 23.6. The number of allylic oxidation sites excluding steroid dienone is 12. The van der Waals surface area contributed by atoms with Crippen LogP contribution in [0, 0.1) is 0 Å². The number of aliphatic hydroxyl groups excluding tert-OH is 2. The van der Waals surface area contributed by atoms with E-state index in [-0.39, 0.29) is 24.9 Å². The predicted octanol–water partition coefficient (Wildman–Crippen LogP) is 13.4. The molecule has 0 aliphatic rings. The van der Waals surface area contributed by atoms with Gasteiger partial charge in [-0.3, -0.25) is 9.59 Å². The van der Waals surface area contributed by atoms with E-state index >= 15 is 0 Å². The van der Waals surface area contributed by atoms with E-state index in [1.54, 1.807) is 0 Å². The summed E-state index contributed by atoms with van der Waals surface area (Å²) in [5.74, 6) is -0.529. The quantitative estimate of drug-likeness (QED) is 0.0327. The lowest BCUT2D eigenvalue weighted by atomic mass is 10.0. The van der Waals surface area contributed by atoms with Crippen LogP contribution in [-0.4, -0.2) is 46.9 Å². The van der Waals surface area contributed by atoms with Crippen molar-refractivity contribution >= 4 is 11.9 Å². The minimum atomic E-state index is -0.800. The summed E-state index contributed by atoms with van der Waals surface area (Å²) in [6.07, 6.45) is 53.9. The molecule has 6 nitrogen and oxygen atoms in total. The van der Waals surface area contributed by atoms with Crippen LogP contribution in [0.15, 0.2) is 72.9 Å². The van der Waals surface area contributed by atoms with E-state index in [9.17, 15) is 19.8 Å². The molecule has 0 bridgehead atoms. The lowest BCUT2D eigenvalue weighted by Crippen LogP contribution is -2.46. The zero-order valence-electron chi connectivity index (χ0n) is 36.5. The third kappa shape index (κ3) is 38.2. The molecule has 0 radical (unpaired) electrons. The summed E-state index contributed by atoms with van der Waals surface area (Å²) in [4.78, 5) is 26.0. The number of aliphatic hydroxyl groups is 2. The second-order valence-corrected chi connectivity index (χ2v) is 15.5. The first-order chi connectivity index (χ1) is 27.5. The van der Waals surface area contributed by atoms with Crippen LogP contribution < -0.4 is 5.32 Å². The maximum atomic E-state index is 13.1. The van der Waals surface area contributed by atoms with Gasteiger partial charge in [-0.25, -0.2) is 0 Å². The molecule has 0 spiro atoms. The van der Waals surface area contributed by atoms with Gasteiger partial charge >= 0.3 is 5.97 Å². The number of amides is 1. The smallest absolute Gasteiger partial charge is 0.306 e. The zero-order chi connectivity index (χ0) is 41.0. The molecule has 0 saturated heterocycles. The third-order valence-corrected chi connectivity index (χ3v) is 10.2. The van der Waals surface area contributed by atoms with Gasteiger partial charge in [0.25, 0.3) is 0 Å². The third-order valence-electron chi connectivity index (χ3n) is 10.2. The van der Waals surface area contributed by atoms with Crippen LogP contribution in [0.1, 0.15) is 207 Å². The molecule has 0 rings (SSSR count). The Morgan fingerprint density at radius 1 is 0.536 bits per heavy atom. The highest BCUT2D eigenvalue weighted by Crippen LogP contribution is 2.17. The topological polar surface area (TPSA) is 95.9 Å². The van der Waals surface area contributed by atoms with Gasteiger partial charge in [0.05, 0.1) is 25.2 Å². The summed E-state index contributed by atoms with van der Waals surface area (Å²) in [5.41, 5.74) is 0. The number of esters is 1. The average molecular weight is 782 g/mol. The normalized spacial score (nSPS) is 14.0. The van der Waals surface area contributed by atoms with Gasteiger partial charge in [0, 0.05) is 6.42 Å². The van der Waals surface area contributed by atoms with Crippen molar-refractivity contribution < 1.29 is 24.5 Å². The average Bonchev–Trinajstić information content (AvgIpc) is 3.19. The Bertz CT molecular complexity index is 1060. The van der Waals surface area contributed by atoms with E-state index < -0.39 is 18.2 Å². The zero-order valence-corrected chi connectivity index (χ0v) is 36.5. The molecule has 3 N–H and O–H groups in total. The molecule has 0 aromatic heterocycles. The highest BCUT2D eigenvalue weighted by molar-refractivity contribution is 5.77. The van der Waals surface area contributed by atoms with Crippen molar-refractivity contribution in [3.05, 3.63) is 72.9 Å². The Morgan fingerprint density at radius 2 is 0.964 bits per heavy atom. The van der Waals surface area contributed by atoms with Gasteiger partial charge in [0.15, 0.2) is 0 Å². The minimum absolute atomic E-state index is 0.0464. The number of ether oxygens (including phenoxy) is 1. The Balaban J connectivity index is 4.63. The number of carbonyl (C=O) groups excluding carboxylic acids is 2. The monoisotopic (exact) mass is 782 g/mol. The molecular formula is C50H87NO5. The number of rotatable bonds is 40. The van der Waals surface area contributed by atoms with Gasteiger partial charge in [0.2, 0.25) is 5.91 Å². The van der Waals surface area contributed by atoms with Crippen LogP contribution in [0.25, 0.3) is 0 Å². The van der Waals surface area contributed by atoms with Crippen molar-refractivity contribution in [2.24, 2.45) is 0 Å². The number of unbranched alkanes of at least 4 members (excludes halogenated alkanes) is 20. The van der Waals surface area contributed by atoms with Crippen molar-refractivity contribution in [2.45, 2.75) is 225 Å². The lowest BCUT2D eigenvalue weighted by molar-refractivity contribution is -0.151. The highest BCUT2D eigenvalue weighted by atomic mass is 16.5. The second-order valence-electron chi connectivity index (χ2n) is 15.5. The molecule has 0 fully saturated rings. The van der Waals surface area contributed by atoms with Crippen molar-refractivity contribution in [1.82, 2.24) is 5.32 Å². The Labute approximate surface area is 345 Å². The van der Waals surface area contributed by atoms with E-state index in [2.05, 4.69) is 86.8 Å². The van der Waals surface area contributed by atoms with E-state index in [1.807, 2.05) is 12.2 Å². The largest absolute Gasteiger partial charge is 0.462 e. The first-order valence-corrected chi connectivity index (χ1v) is 23.2. The fourth-order valence-electron chi connectivity index (χ4n) is 6.66. The Hall–Kier alpha value is -2.70.